The fourth-order valence-corrected chi connectivity index (χ4v) is 1.87. The summed E-state index contributed by atoms with van der Waals surface area (Å²) in [5.41, 5.74) is 11.6. The van der Waals surface area contributed by atoms with Crippen LogP contribution >= 0.6 is 11.6 Å². The van der Waals surface area contributed by atoms with Crippen LogP contribution in [-0.2, 0) is 4.74 Å². The highest BCUT2D eigenvalue weighted by molar-refractivity contribution is 6.32. The summed E-state index contributed by atoms with van der Waals surface area (Å²) in [6.07, 6.45) is 4.92. The molecule has 7 heteroatoms. The van der Waals surface area contributed by atoms with Gasteiger partial charge in [0.15, 0.2) is 11.0 Å². The number of nitrogen functional groups attached to an aromatic ring is 2. The van der Waals surface area contributed by atoms with Crippen molar-refractivity contribution in [3.05, 3.63) is 17.3 Å². The quantitative estimate of drug-likeness (QED) is 0.552. The molecule has 0 bridgehead atoms. The predicted molar refractivity (Wildman–Crippen MR) is 67.8 cm³/mol. The smallest absolute Gasteiger partial charge is 0.223 e. The molecule has 1 heterocycles. The van der Waals surface area contributed by atoms with Gasteiger partial charge >= 0.3 is 0 Å². The van der Waals surface area contributed by atoms with Crippen molar-refractivity contribution >= 4 is 29.1 Å². The first-order chi connectivity index (χ1) is 8.10. The molecule has 1 aliphatic rings. The van der Waals surface area contributed by atoms with Crippen LogP contribution in [0.3, 0.4) is 0 Å². The SMILES string of the molecule is COC1C=CC(Nc2nc(N)nc(Cl)c2N)C1. The molecule has 6 nitrogen and oxygen atoms in total. The number of halogens is 1. The Morgan fingerprint density at radius 3 is 2.82 bits per heavy atom. The molecule has 0 aliphatic heterocycles. The number of anilines is 3. The highest BCUT2D eigenvalue weighted by Crippen LogP contribution is 2.26. The van der Waals surface area contributed by atoms with E-state index in [1.165, 1.54) is 0 Å². The van der Waals surface area contributed by atoms with E-state index in [-0.39, 0.29) is 23.2 Å². The number of nitrogens with zero attached hydrogens (tertiary/aromatic N) is 2. The van der Waals surface area contributed by atoms with Gasteiger partial charge in [0.1, 0.15) is 5.69 Å². The molecule has 2 atom stereocenters. The predicted octanol–water partition coefficient (Wildman–Crippen LogP) is 1.05. The molecule has 0 fully saturated rings. The summed E-state index contributed by atoms with van der Waals surface area (Å²) in [5.74, 6) is 0.547. The van der Waals surface area contributed by atoms with Crippen molar-refractivity contribution in [2.24, 2.45) is 0 Å². The van der Waals surface area contributed by atoms with Crippen molar-refractivity contribution in [3.8, 4) is 0 Å². The van der Waals surface area contributed by atoms with E-state index < -0.39 is 0 Å². The third-order valence-electron chi connectivity index (χ3n) is 2.59. The summed E-state index contributed by atoms with van der Waals surface area (Å²) < 4.78 is 5.22. The number of methoxy groups -OCH3 is 1. The fraction of sp³-hybridized carbons (Fsp3) is 0.400. The zero-order valence-corrected chi connectivity index (χ0v) is 10.1. The van der Waals surface area contributed by atoms with E-state index in [0.717, 1.165) is 6.42 Å². The summed E-state index contributed by atoms with van der Waals surface area (Å²) in [4.78, 5) is 7.78. The Hall–Kier alpha value is -1.53. The summed E-state index contributed by atoms with van der Waals surface area (Å²) >= 11 is 5.82. The molecule has 0 saturated carbocycles. The Balaban J connectivity index is 2.12. The van der Waals surface area contributed by atoms with Crippen LogP contribution in [0.5, 0.6) is 0 Å². The molecule has 0 radical (unpaired) electrons. The van der Waals surface area contributed by atoms with Crippen LogP contribution in [0.25, 0.3) is 0 Å². The lowest BCUT2D eigenvalue weighted by atomic mass is 10.2. The van der Waals surface area contributed by atoms with Crippen molar-refractivity contribution in [1.29, 1.82) is 0 Å². The van der Waals surface area contributed by atoms with E-state index in [1.54, 1.807) is 7.11 Å². The van der Waals surface area contributed by atoms with E-state index in [9.17, 15) is 0 Å². The van der Waals surface area contributed by atoms with Crippen LogP contribution in [0.1, 0.15) is 6.42 Å². The first kappa shape index (κ1) is 11.9. The molecule has 0 saturated heterocycles. The first-order valence-corrected chi connectivity index (χ1v) is 5.54. The number of hydrogen-bond acceptors (Lipinski definition) is 6. The summed E-state index contributed by atoms with van der Waals surface area (Å²) in [6, 6.07) is 0.104. The summed E-state index contributed by atoms with van der Waals surface area (Å²) in [5, 5.41) is 3.31. The van der Waals surface area contributed by atoms with Gasteiger partial charge in [0.25, 0.3) is 0 Å². The molecule has 2 unspecified atom stereocenters. The topological polar surface area (TPSA) is 99.1 Å². The van der Waals surface area contributed by atoms with Crippen LogP contribution in [0.4, 0.5) is 17.5 Å². The highest BCUT2D eigenvalue weighted by Gasteiger charge is 2.20. The number of nitrogens with one attached hydrogen (secondary N) is 1. The van der Waals surface area contributed by atoms with E-state index in [4.69, 9.17) is 27.8 Å². The molecular formula is C10H14ClN5O. The maximum absolute atomic E-state index is 5.82. The highest BCUT2D eigenvalue weighted by atomic mass is 35.5. The van der Waals surface area contributed by atoms with Crippen molar-refractivity contribution < 1.29 is 4.74 Å². The van der Waals surface area contributed by atoms with Crippen LogP contribution in [0.15, 0.2) is 12.2 Å². The summed E-state index contributed by atoms with van der Waals surface area (Å²) in [6.45, 7) is 0. The van der Waals surface area contributed by atoms with Crippen molar-refractivity contribution in [2.45, 2.75) is 18.6 Å². The van der Waals surface area contributed by atoms with E-state index in [0.29, 0.717) is 11.5 Å². The molecule has 0 aromatic carbocycles. The van der Waals surface area contributed by atoms with Gasteiger partial charge in [-0.3, -0.25) is 0 Å². The van der Waals surface area contributed by atoms with Gasteiger partial charge in [-0.15, -0.1) is 0 Å². The molecule has 1 aromatic rings. The lowest BCUT2D eigenvalue weighted by molar-refractivity contribution is 0.139. The molecule has 0 amide bonds. The summed E-state index contributed by atoms with van der Waals surface area (Å²) in [7, 11) is 1.67. The average molecular weight is 256 g/mol. The van der Waals surface area contributed by atoms with Gasteiger partial charge in [-0.05, 0) is 0 Å². The Bertz CT molecular complexity index is 451. The van der Waals surface area contributed by atoms with Gasteiger partial charge in [0.2, 0.25) is 5.95 Å². The molecule has 5 N–H and O–H groups in total. The molecule has 0 spiro atoms. The van der Waals surface area contributed by atoms with Gasteiger partial charge < -0.3 is 21.5 Å². The van der Waals surface area contributed by atoms with Crippen molar-refractivity contribution in [1.82, 2.24) is 9.97 Å². The normalized spacial score (nSPS) is 22.9. The van der Waals surface area contributed by atoms with E-state index >= 15 is 0 Å². The van der Waals surface area contributed by atoms with Gasteiger partial charge in [-0.1, -0.05) is 23.8 Å². The zero-order chi connectivity index (χ0) is 12.4. The second kappa shape index (κ2) is 4.77. The Morgan fingerprint density at radius 2 is 2.18 bits per heavy atom. The number of rotatable bonds is 3. The molecule has 17 heavy (non-hydrogen) atoms. The Labute approximate surface area is 104 Å². The lowest BCUT2D eigenvalue weighted by Gasteiger charge is -2.15. The average Bonchev–Trinajstić information content (AvgIpc) is 2.73. The fourth-order valence-electron chi connectivity index (χ4n) is 1.69. The minimum atomic E-state index is 0.0944. The van der Waals surface area contributed by atoms with Crippen molar-refractivity contribution in [2.75, 3.05) is 23.9 Å². The molecule has 92 valence electrons. The Kier molecular flexibility index (Phi) is 3.35. The van der Waals surface area contributed by atoms with Gasteiger partial charge in [-0.2, -0.15) is 9.97 Å². The van der Waals surface area contributed by atoms with Gasteiger partial charge in [0.05, 0.1) is 6.10 Å². The molecule has 1 aliphatic carbocycles. The van der Waals surface area contributed by atoms with Crippen molar-refractivity contribution in [3.63, 3.8) is 0 Å². The molecule has 2 rings (SSSR count). The lowest BCUT2D eigenvalue weighted by Crippen LogP contribution is -2.20. The second-order valence-electron chi connectivity index (χ2n) is 3.78. The maximum atomic E-state index is 5.82. The number of aromatic nitrogens is 2. The Morgan fingerprint density at radius 1 is 1.41 bits per heavy atom. The monoisotopic (exact) mass is 255 g/mol. The third kappa shape index (κ3) is 2.59. The molecule has 1 aromatic heterocycles. The van der Waals surface area contributed by atoms with Crippen LogP contribution < -0.4 is 16.8 Å². The number of ether oxygens (including phenoxy) is 1. The second-order valence-corrected chi connectivity index (χ2v) is 4.14. The standard InChI is InChI=1S/C10H14ClN5O/c1-17-6-3-2-5(4-6)14-9-7(12)8(11)15-10(13)16-9/h2-3,5-6H,4,12H2,1H3,(H3,13,14,15,16). The van der Waals surface area contributed by atoms with Gasteiger partial charge in [0, 0.05) is 19.6 Å². The largest absolute Gasteiger partial charge is 0.393 e. The van der Waals surface area contributed by atoms with E-state index in [1.807, 2.05) is 12.2 Å². The van der Waals surface area contributed by atoms with Gasteiger partial charge in [-0.25, -0.2) is 0 Å². The first-order valence-electron chi connectivity index (χ1n) is 5.16. The van der Waals surface area contributed by atoms with Crippen LogP contribution in [-0.4, -0.2) is 29.2 Å². The van der Waals surface area contributed by atoms with E-state index in [2.05, 4.69) is 15.3 Å². The van der Waals surface area contributed by atoms with Crippen LogP contribution in [0, 0.1) is 0 Å². The van der Waals surface area contributed by atoms with Crippen LogP contribution in [0.2, 0.25) is 5.15 Å². The zero-order valence-electron chi connectivity index (χ0n) is 9.35. The minimum absolute atomic E-state index is 0.0944. The third-order valence-corrected chi connectivity index (χ3v) is 2.87. The number of hydrogen-bond donors (Lipinski definition) is 3. The minimum Gasteiger partial charge on any atom is -0.393 e. The molecular weight excluding hydrogens is 242 g/mol. The number of nitrogens with two attached hydrogens (primary N) is 2. The maximum Gasteiger partial charge on any atom is 0.223 e.